The van der Waals surface area contributed by atoms with Gasteiger partial charge in [0, 0.05) is 32.1 Å². The summed E-state index contributed by atoms with van der Waals surface area (Å²) in [5.41, 5.74) is 0.728. The normalized spacial score (nSPS) is 12.1. The first kappa shape index (κ1) is 30.0. The van der Waals surface area contributed by atoms with E-state index >= 15 is 0 Å². The lowest BCUT2D eigenvalue weighted by Crippen LogP contribution is -2.48. The fraction of sp³-hybridized carbons (Fsp3) is 0.462. The Morgan fingerprint density at radius 1 is 1.08 bits per heavy atom. The van der Waals surface area contributed by atoms with Crippen LogP contribution in [0.25, 0.3) is 0 Å². The zero-order chi connectivity index (χ0) is 27.6. The molecule has 0 saturated heterocycles. The van der Waals surface area contributed by atoms with Crippen molar-refractivity contribution in [3.63, 3.8) is 0 Å². The third-order valence-electron chi connectivity index (χ3n) is 5.83. The van der Waals surface area contributed by atoms with E-state index in [-0.39, 0.29) is 43.4 Å². The summed E-state index contributed by atoms with van der Waals surface area (Å²) in [6, 6.07) is 9.20. The molecule has 0 aromatic heterocycles. The van der Waals surface area contributed by atoms with Gasteiger partial charge in [0.05, 0.1) is 19.1 Å². The summed E-state index contributed by atoms with van der Waals surface area (Å²) in [4.78, 5) is 27.5. The maximum absolute atomic E-state index is 13.7. The molecule has 0 radical (unpaired) electrons. The number of ether oxygens (including phenoxy) is 1. The molecule has 0 aliphatic heterocycles. The first-order valence-corrected chi connectivity index (χ1v) is 14.0. The molecule has 0 saturated carbocycles. The van der Waals surface area contributed by atoms with Gasteiger partial charge in [-0.15, -0.1) is 0 Å². The number of sulfonamides is 1. The van der Waals surface area contributed by atoms with E-state index in [9.17, 15) is 26.8 Å². The summed E-state index contributed by atoms with van der Waals surface area (Å²) in [6.45, 7) is 4.17. The van der Waals surface area contributed by atoms with Crippen LogP contribution in [-0.4, -0.2) is 57.6 Å². The predicted molar refractivity (Wildman–Crippen MR) is 139 cm³/mol. The van der Waals surface area contributed by atoms with Crippen molar-refractivity contribution < 1.29 is 31.5 Å². The van der Waals surface area contributed by atoms with Gasteiger partial charge >= 0.3 is 0 Å². The van der Waals surface area contributed by atoms with Crippen molar-refractivity contribution >= 4 is 27.5 Å². The number of carbonyl (C=O) groups is 2. The van der Waals surface area contributed by atoms with Crippen LogP contribution in [0.5, 0.6) is 5.75 Å². The van der Waals surface area contributed by atoms with Crippen molar-refractivity contribution in [3.8, 4) is 5.75 Å². The van der Waals surface area contributed by atoms with Gasteiger partial charge in [0.25, 0.3) is 0 Å². The Bertz CT molecular complexity index is 1180. The minimum atomic E-state index is -3.82. The Morgan fingerprint density at radius 3 is 2.43 bits per heavy atom. The molecule has 2 aromatic rings. The van der Waals surface area contributed by atoms with Gasteiger partial charge in [-0.2, -0.15) is 0 Å². The molecule has 2 rings (SSSR count). The number of nitrogens with zero attached hydrogens (tertiary/aromatic N) is 2. The summed E-state index contributed by atoms with van der Waals surface area (Å²) in [6.07, 6.45) is 2.72. The maximum Gasteiger partial charge on any atom is 0.242 e. The average molecular weight is 540 g/mol. The van der Waals surface area contributed by atoms with Gasteiger partial charge in [0.15, 0.2) is 11.6 Å². The maximum atomic E-state index is 13.7. The number of rotatable bonds is 14. The standard InChI is InChI=1S/C26H35F2N3O5S/c1-5-6-14-29-26(33)19(2)30(18-20-9-7-10-22(16-20)36-3)25(32)11-8-15-31(37(4,34)35)21-12-13-23(27)24(28)17-21/h7,9-10,12-13,16-17,19H,5-6,8,11,14-15,18H2,1-4H3,(H,29,33)/t19-/m0/s1. The minimum absolute atomic E-state index is 0.0363. The second kappa shape index (κ2) is 13.9. The number of unbranched alkanes of at least 4 members (excludes halogenated alkanes) is 1. The number of nitrogens with one attached hydrogen (secondary N) is 1. The lowest BCUT2D eigenvalue weighted by molar-refractivity contribution is -0.140. The number of benzene rings is 2. The van der Waals surface area contributed by atoms with E-state index in [4.69, 9.17) is 4.74 Å². The van der Waals surface area contributed by atoms with Gasteiger partial charge in [-0.1, -0.05) is 25.5 Å². The second-order valence-corrected chi connectivity index (χ2v) is 10.6. The van der Waals surface area contributed by atoms with Crippen molar-refractivity contribution in [1.29, 1.82) is 0 Å². The van der Waals surface area contributed by atoms with Crippen LogP contribution in [-0.2, 0) is 26.2 Å². The van der Waals surface area contributed by atoms with E-state index < -0.39 is 27.7 Å². The van der Waals surface area contributed by atoms with Crippen molar-refractivity contribution in [2.45, 2.75) is 52.1 Å². The van der Waals surface area contributed by atoms with Crippen LogP contribution in [0.15, 0.2) is 42.5 Å². The molecule has 0 aliphatic carbocycles. The first-order chi connectivity index (χ1) is 17.5. The Morgan fingerprint density at radius 2 is 1.81 bits per heavy atom. The van der Waals surface area contributed by atoms with Crippen LogP contribution in [0.3, 0.4) is 0 Å². The Hall–Kier alpha value is -3.21. The highest BCUT2D eigenvalue weighted by atomic mass is 32.2. The van der Waals surface area contributed by atoms with Gasteiger partial charge in [0.1, 0.15) is 11.8 Å². The van der Waals surface area contributed by atoms with Crippen LogP contribution >= 0.6 is 0 Å². The Kier molecular flexibility index (Phi) is 11.3. The van der Waals surface area contributed by atoms with Crippen molar-refractivity contribution in [1.82, 2.24) is 10.2 Å². The fourth-order valence-electron chi connectivity index (χ4n) is 3.73. The number of carbonyl (C=O) groups excluding carboxylic acids is 2. The van der Waals surface area contributed by atoms with Gasteiger partial charge < -0.3 is 15.0 Å². The lowest BCUT2D eigenvalue weighted by Gasteiger charge is -2.29. The average Bonchev–Trinajstić information content (AvgIpc) is 2.85. The van der Waals surface area contributed by atoms with Gasteiger partial charge in [0.2, 0.25) is 21.8 Å². The van der Waals surface area contributed by atoms with Gasteiger partial charge in [-0.05, 0) is 49.6 Å². The zero-order valence-corrected chi connectivity index (χ0v) is 22.5. The molecule has 2 aromatic carbocycles. The summed E-state index contributed by atoms with van der Waals surface area (Å²) in [5, 5.41) is 2.84. The van der Waals surface area contributed by atoms with Gasteiger partial charge in [-0.3, -0.25) is 13.9 Å². The molecular weight excluding hydrogens is 504 g/mol. The van der Waals surface area contributed by atoms with Crippen LogP contribution < -0.4 is 14.4 Å². The topological polar surface area (TPSA) is 96.0 Å². The van der Waals surface area contributed by atoms with Crippen molar-refractivity contribution in [3.05, 3.63) is 59.7 Å². The first-order valence-electron chi connectivity index (χ1n) is 12.1. The highest BCUT2D eigenvalue weighted by molar-refractivity contribution is 7.92. The van der Waals surface area contributed by atoms with E-state index in [2.05, 4.69) is 5.32 Å². The molecule has 37 heavy (non-hydrogen) atoms. The molecule has 8 nitrogen and oxygen atoms in total. The molecule has 0 bridgehead atoms. The minimum Gasteiger partial charge on any atom is -0.497 e. The van der Waals surface area contributed by atoms with Crippen LogP contribution in [0, 0.1) is 11.6 Å². The quantitative estimate of drug-likeness (QED) is 0.368. The Labute approximate surface area is 217 Å². The third kappa shape index (κ3) is 8.99. The highest BCUT2D eigenvalue weighted by Crippen LogP contribution is 2.22. The molecule has 0 aliphatic rings. The number of hydrogen-bond acceptors (Lipinski definition) is 5. The fourth-order valence-corrected chi connectivity index (χ4v) is 4.69. The third-order valence-corrected chi connectivity index (χ3v) is 7.02. The molecule has 0 unspecified atom stereocenters. The Balaban J connectivity index is 2.18. The summed E-state index contributed by atoms with van der Waals surface area (Å²) >= 11 is 0. The number of halogens is 2. The van der Waals surface area contributed by atoms with Crippen LogP contribution in [0.2, 0.25) is 0 Å². The summed E-state index contributed by atoms with van der Waals surface area (Å²) in [7, 11) is -2.29. The number of anilines is 1. The second-order valence-electron chi connectivity index (χ2n) is 8.73. The van der Waals surface area contributed by atoms with E-state index in [0.29, 0.717) is 12.3 Å². The zero-order valence-electron chi connectivity index (χ0n) is 21.7. The molecule has 0 spiro atoms. The van der Waals surface area contributed by atoms with Crippen molar-refractivity contribution in [2.75, 3.05) is 30.8 Å². The van der Waals surface area contributed by atoms with Crippen LogP contribution in [0.1, 0.15) is 45.1 Å². The summed E-state index contributed by atoms with van der Waals surface area (Å²) < 4.78 is 57.9. The number of hydrogen-bond donors (Lipinski definition) is 1. The van der Waals surface area contributed by atoms with Crippen LogP contribution in [0.4, 0.5) is 14.5 Å². The smallest absolute Gasteiger partial charge is 0.242 e. The summed E-state index contributed by atoms with van der Waals surface area (Å²) in [5.74, 6) is -2.29. The highest BCUT2D eigenvalue weighted by Gasteiger charge is 2.27. The van der Waals surface area contributed by atoms with Crippen molar-refractivity contribution in [2.24, 2.45) is 0 Å². The predicted octanol–water partition coefficient (Wildman–Crippen LogP) is 3.85. The van der Waals surface area contributed by atoms with E-state index in [1.54, 1.807) is 25.1 Å². The van der Waals surface area contributed by atoms with E-state index in [0.717, 1.165) is 41.1 Å². The largest absolute Gasteiger partial charge is 0.497 e. The molecule has 0 heterocycles. The SMILES string of the molecule is CCCCNC(=O)[C@H](C)N(Cc1cccc(OC)c1)C(=O)CCCN(c1ccc(F)c(F)c1)S(C)(=O)=O. The lowest BCUT2D eigenvalue weighted by atomic mass is 10.1. The molecule has 11 heteroatoms. The number of amides is 2. The molecular formula is C26H35F2N3O5S. The molecule has 204 valence electrons. The molecule has 1 atom stereocenters. The monoisotopic (exact) mass is 539 g/mol. The molecule has 2 amide bonds. The number of methoxy groups -OCH3 is 1. The van der Waals surface area contributed by atoms with Gasteiger partial charge in [-0.25, -0.2) is 17.2 Å². The van der Waals surface area contributed by atoms with E-state index in [1.807, 2.05) is 13.0 Å². The van der Waals surface area contributed by atoms with E-state index in [1.165, 1.54) is 18.1 Å². The molecule has 1 N–H and O–H groups in total. The molecule has 0 fully saturated rings.